The van der Waals surface area contributed by atoms with Gasteiger partial charge in [0.25, 0.3) is 11.8 Å². The molecule has 15 nitrogen and oxygen atoms in total. The molecule has 1 spiro atoms. The number of nitrogens with one attached hydrogen (secondary N) is 3. The number of carbonyl (C=O) groups excluding carboxylic acids is 3. The first kappa shape index (κ1) is 42.4. The second-order valence-electron chi connectivity index (χ2n) is 19.4. The molecule has 4 N–H and O–H groups in total. The Bertz CT molecular complexity index is 2250. The highest BCUT2D eigenvalue weighted by atomic mass is 32.2. The molecular weight excluding hydrogens is 829 g/mol. The number of alkyl halides is 4. The zero-order valence-electron chi connectivity index (χ0n) is 34.3. The van der Waals surface area contributed by atoms with Gasteiger partial charge >= 0.3 is 0 Å². The van der Waals surface area contributed by atoms with Crippen LogP contribution in [0, 0.1) is 34.5 Å². The highest BCUT2D eigenvalue weighted by Crippen LogP contribution is 2.77. The number of nitrogens with zero attached hydrogens (tertiary/aromatic N) is 3. The van der Waals surface area contributed by atoms with E-state index in [1.54, 1.807) is 26.8 Å². The number of ether oxygens (including phenoxy) is 3. The van der Waals surface area contributed by atoms with Crippen LogP contribution in [-0.4, -0.2) is 108 Å². The predicted molar refractivity (Wildman–Crippen MR) is 207 cm³/mol. The highest BCUT2D eigenvalue weighted by molar-refractivity contribution is 7.91. The van der Waals surface area contributed by atoms with Crippen LogP contribution in [0.1, 0.15) is 90.7 Å². The largest absolute Gasteiger partial charge is 0.497 e. The lowest BCUT2D eigenvalue weighted by molar-refractivity contribution is -0.184. The van der Waals surface area contributed by atoms with E-state index >= 15 is 8.78 Å². The number of hydrogen-bond acceptors (Lipinski definition) is 12. The fourth-order valence-corrected chi connectivity index (χ4v) is 12.0. The summed E-state index contributed by atoms with van der Waals surface area (Å²) in [6.45, 7) is 4.80. The molecule has 11 atom stereocenters. The van der Waals surface area contributed by atoms with Gasteiger partial charge < -0.3 is 29.5 Å². The van der Waals surface area contributed by atoms with E-state index in [2.05, 4.69) is 20.6 Å². The molecular formula is C41H52F4N6O9S. The molecule has 2 aromatic rings. The van der Waals surface area contributed by atoms with Gasteiger partial charge in [-0.1, -0.05) is 20.8 Å². The van der Waals surface area contributed by atoms with E-state index in [9.17, 15) is 36.7 Å². The van der Waals surface area contributed by atoms with Crippen molar-refractivity contribution in [1.82, 2.24) is 30.2 Å². The second-order valence-corrected chi connectivity index (χ2v) is 21.3. The minimum Gasteiger partial charge on any atom is -0.497 e. The number of methoxy groups -OCH3 is 1. The van der Waals surface area contributed by atoms with Gasteiger partial charge in [-0.3, -0.25) is 24.4 Å². The van der Waals surface area contributed by atoms with Crippen LogP contribution in [0.5, 0.6) is 11.6 Å². The Morgan fingerprint density at radius 3 is 2.51 bits per heavy atom. The predicted octanol–water partition coefficient (Wildman–Crippen LogP) is 3.72. The molecule has 2 bridgehead atoms. The number of aliphatic hydroxyl groups excluding tert-OH is 1. The van der Waals surface area contributed by atoms with Crippen molar-refractivity contribution in [2.24, 2.45) is 34.5 Å². The van der Waals surface area contributed by atoms with Gasteiger partial charge in [-0.05, 0) is 86.7 Å². The van der Waals surface area contributed by atoms with Crippen molar-refractivity contribution in [2.45, 2.75) is 139 Å². The maximum absolute atomic E-state index is 16.5. The first-order chi connectivity index (χ1) is 28.7. The Balaban J connectivity index is 1.08. The van der Waals surface area contributed by atoms with E-state index in [4.69, 9.17) is 14.2 Å². The first-order valence-electron chi connectivity index (χ1n) is 21.1. The third-order valence-electron chi connectivity index (χ3n) is 14.3. The molecule has 1 saturated heterocycles. The minimum atomic E-state index is -4.20. The second kappa shape index (κ2) is 14.6. The van der Waals surface area contributed by atoms with Gasteiger partial charge in [-0.15, -0.1) is 0 Å². The van der Waals surface area contributed by atoms with E-state index in [-0.39, 0.29) is 54.2 Å². The summed E-state index contributed by atoms with van der Waals surface area (Å²) in [5.74, 6) is -7.65. The van der Waals surface area contributed by atoms with Crippen LogP contribution in [0.15, 0.2) is 18.2 Å². The molecule has 61 heavy (non-hydrogen) atoms. The minimum absolute atomic E-state index is 0.111. The summed E-state index contributed by atoms with van der Waals surface area (Å²) < 4.78 is 107. The normalized spacial score (nSPS) is 37.0. The number of aliphatic hydroxyl groups is 1. The molecule has 20 heteroatoms. The number of carbonyl (C=O) groups is 3. The molecule has 1 aromatic heterocycles. The number of halogens is 4. The monoisotopic (exact) mass is 880 g/mol. The van der Waals surface area contributed by atoms with Crippen LogP contribution in [0.3, 0.4) is 0 Å². The van der Waals surface area contributed by atoms with Crippen LogP contribution in [0.4, 0.5) is 17.6 Å². The van der Waals surface area contributed by atoms with Gasteiger partial charge in [-0.25, -0.2) is 27.2 Å². The summed E-state index contributed by atoms with van der Waals surface area (Å²) in [4.78, 5) is 52.7. The number of rotatable bonds is 7. The number of fused-ring (bicyclic) bond motifs is 5. The number of hydrogen-bond donors (Lipinski definition) is 4. The molecule has 5 saturated carbocycles. The van der Waals surface area contributed by atoms with Gasteiger partial charge in [0.1, 0.15) is 23.4 Å². The Hall–Kier alpha value is -3.88. The summed E-state index contributed by atoms with van der Waals surface area (Å²) >= 11 is 0. The van der Waals surface area contributed by atoms with E-state index in [1.807, 2.05) is 4.72 Å². The van der Waals surface area contributed by atoms with Crippen molar-refractivity contribution in [3.05, 3.63) is 23.9 Å². The van der Waals surface area contributed by atoms with Gasteiger partial charge in [0.05, 0.1) is 48.0 Å². The third-order valence-corrected chi connectivity index (χ3v) is 16.1. The molecule has 1 aromatic carbocycles. The smallest absolute Gasteiger partial charge is 0.295 e. The van der Waals surface area contributed by atoms with Gasteiger partial charge in [0, 0.05) is 24.3 Å². The van der Waals surface area contributed by atoms with Crippen molar-refractivity contribution >= 4 is 38.8 Å². The molecule has 3 amide bonds. The Morgan fingerprint density at radius 1 is 1.08 bits per heavy atom. The first-order valence-corrected chi connectivity index (χ1v) is 22.7. The van der Waals surface area contributed by atoms with Crippen molar-refractivity contribution in [1.29, 1.82) is 0 Å². The maximum Gasteiger partial charge on any atom is 0.295 e. The number of benzene rings is 1. The summed E-state index contributed by atoms with van der Waals surface area (Å²) in [7, 11) is -2.77. The number of amides is 3. The SMILES string of the molecule is COc1ccc2nc3c(nc2c1)O[C@@H]1C[C@@H](C(=O)N[C@]2(C(=O)NS(=O)(=O)C4CC4)C[C@H]2C(F)F)N(C1)C(=O)[C@H](C(C)(C)C)NC(O)O[C@@H]1C[C@@H]2C[C@@H]2C12CC2CCCC3(F)F. The molecule has 3 heterocycles. The van der Waals surface area contributed by atoms with Crippen LogP contribution < -0.4 is 24.8 Å². The Kier molecular flexibility index (Phi) is 10.1. The summed E-state index contributed by atoms with van der Waals surface area (Å²) in [6.07, 6.45) is -4.11. The summed E-state index contributed by atoms with van der Waals surface area (Å²) in [5, 5.41) is 15.9. The van der Waals surface area contributed by atoms with E-state index in [0.717, 1.165) is 17.7 Å². The third kappa shape index (κ3) is 7.59. The Labute approximate surface area is 350 Å². The van der Waals surface area contributed by atoms with Crippen molar-refractivity contribution in [3.8, 4) is 11.6 Å². The number of sulfonamides is 1. The van der Waals surface area contributed by atoms with Gasteiger partial charge in [0.15, 0.2) is 5.69 Å². The van der Waals surface area contributed by atoms with E-state index in [1.165, 1.54) is 19.2 Å². The standard InChI is InChI=1S/C41H52F4N6O9S/c1-38(2,3)31-35(53)51-18-22(15-28(51)33(52)49-40(17-25(40)32(42)43)36(54)50-61(56,57)23-8-9-23)59-34-30(46-26-10-7-21(58-4)14-27(26)47-34)41(44,45)11-5-6-20-16-39(20)24-12-19(24)13-29(39)60-37(55)48-31/h7,10,14,19-20,22-25,28-29,31-32,37,48,55H,5-6,8-9,11-13,15-18H2,1-4H3,(H,49,52)(H,50,54)/t19-,20?,22+,24-,25-,28-,29+,31+,37?,39?,40+/m0/s1. The topological polar surface area (TPSA) is 198 Å². The average Bonchev–Trinajstić information content (AvgIpc) is 4.02. The fraction of sp³-hybridized carbons (Fsp3) is 0.732. The van der Waals surface area contributed by atoms with Crippen LogP contribution in [0.2, 0.25) is 0 Å². The lowest BCUT2D eigenvalue weighted by Crippen LogP contribution is -2.61. The van der Waals surface area contributed by atoms with Gasteiger partial charge in [0.2, 0.25) is 40.6 Å². The van der Waals surface area contributed by atoms with Crippen molar-refractivity contribution in [3.63, 3.8) is 0 Å². The van der Waals surface area contributed by atoms with E-state index in [0.29, 0.717) is 30.4 Å². The Morgan fingerprint density at radius 2 is 1.84 bits per heavy atom. The molecule has 5 aliphatic carbocycles. The van der Waals surface area contributed by atoms with Gasteiger partial charge in [-0.2, -0.15) is 8.78 Å². The zero-order chi connectivity index (χ0) is 43.6. The average molecular weight is 881 g/mol. The van der Waals surface area contributed by atoms with Crippen LogP contribution in [0.25, 0.3) is 11.0 Å². The van der Waals surface area contributed by atoms with Crippen molar-refractivity contribution < 1.29 is 59.7 Å². The van der Waals surface area contributed by atoms with E-state index < -0.39 is 118 Å². The fourth-order valence-electron chi connectivity index (χ4n) is 10.6. The van der Waals surface area contributed by atoms with Crippen LogP contribution in [-0.2, 0) is 35.1 Å². The molecule has 3 unspecified atom stereocenters. The summed E-state index contributed by atoms with van der Waals surface area (Å²) in [6, 6.07) is 1.81. The lowest BCUT2D eigenvalue weighted by atomic mass is 9.85. The molecule has 9 rings (SSSR count). The molecule has 7 aliphatic rings. The molecule has 0 radical (unpaired) electrons. The number of aromatic nitrogens is 2. The molecule has 2 aliphatic heterocycles. The lowest BCUT2D eigenvalue weighted by Gasteiger charge is -2.37. The molecule has 6 fully saturated rings. The quantitative estimate of drug-likeness (QED) is 0.295. The zero-order valence-corrected chi connectivity index (χ0v) is 35.2. The summed E-state index contributed by atoms with van der Waals surface area (Å²) in [5.41, 5.74) is -3.91. The molecule has 334 valence electrons. The highest BCUT2D eigenvalue weighted by Gasteiger charge is 2.74. The van der Waals surface area contributed by atoms with Crippen LogP contribution >= 0.6 is 0 Å². The maximum atomic E-state index is 16.5. The van der Waals surface area contributed by atoms with Crippen molar-refractivity contribution in [2.75, 3.05) is 13.7 Å².